The molecule has 1 spiro atoms. The van der Waals surface area contributed by atoms with Gasteiger partial charge in [0.1, 0.15) is 0 Å². The molecule has 3 aliphatic rings. The van der Waals surface area contributed by atoms with E-state index >= 15 is 0 Å². The van der Waals surface area contributed by atoms with Crippen LogP contribution < -0.4 is 5.73 Å². The first-order valence-electron chi connectivity index (χ1n) is 9.43. The molecular formula is C18H34N2O. The van der Waals surface area contributed by atoms with Crippen LogP contribution in [0.2, 0.25) is 0 Å². The van der Waals surface area contributed by atoms with E-state index in [4.69, 9.17) is 10.5 Å². The maximum Gasteiger partial charge on any atom is 0.0697 e. The van der Waals surface area contributed by atoms with Crippen molar-refractivity contribution in [3.8, 4) is 0 Å². The second-order valence-electron chi connectivity index (χ2n) is 7.56. The zero-order valence-corrected chi connectivity index (χ0v) is 13.7. The van der Waals surface area contributed by atoms with Crippen molar-refractivity contribution in [2.45, 2.75) is 94.7 Å². The third kappa shape index (κ3) is 3.80. The summed E-state index contributed by atoms with van der Waals surface area (Å²) in [6, 6.07) is 1.58. The van der Waals surface area contributed by atoms with Crippen molar-refractivity contribution in [1.82, 2.24) is 4.90 Å². The molecule has 122 valence electrons. The number of hydrogen-bond acceptors (Lipinski definition) is 3. The van der Waals surface area contributed by atoms with E-state index in [0.717, 1.165) is 31.7 Å². The van der Waals surface area contributed by atoms with Crippen LogP contribution in [-0.2, 0) is 4.74 Å². The molecule has 3 rings (SSSR count). The maximum absolute atomic E-state index is 6.15. The van der Waals surface area contributed by atoms with Gasteiger partial charge < -0.3 is 10.5 Å². The predicted molar refractivity (Wildman–Crippen MR) is 87.4 cm³/mol. The van der Waals surface area contributed by atoms with Crippen LogP contribution in [0.1, 0.15) is 77.0 Å². The van der Waals surface area contributed by atoms with Gasteiger partial charge in [-0.1, -0.05) is 25.7 Å². The summed E-state index contributed by atoms with van der Waals surface area (Å²) in [5, 5.41) is 0. The van der Waals surface area contributed by atoms with Crippen LogP contribution in [0.3, 0.4) is 0 Å². The van der Waals surface area contributed by atoms with Gasteiger partial charge in [0, 0.05) is 18.7 Å². The highest BCUT2D eigenvalue weighted by Crippen LogP contribution is 2.44. The molecule has 3 nitrogen and oxygen atoms in total. The largest absolute Gasteiger partial charge is 0.375 e. The van der Waals surface area contributed by atoms with Gasteiger partial charge in [0.2, 0.25) is 0 Å². The number of nitrogens with zero attached hydrogens (tertiary/aromatic N) is 1. The van der Waals surface area contributed by atoms with Gasteiger partial charge in [0.15, 0.2) is 0 Å². The Morgan fingerprint density at radius 2 is 1.71 bits per heavy atom. The molecule has 0 amide bonds. The maximum atomic E-state index is 6.15. The molecule has 0 bridgehead atoms. The molecule has 2 saturated carbocycles. The number of nitrogens with two attached hydrogens (primary N) is 1. The highest BCUT2D eigenvalue weighted by atomic mass is 16.5. The molecule has 0 aromatic heterocycles. The van der Waals surface area contributed by atoms with E-state index in [9.17, 15) is 0 Å². The smallest absolute Gasteiger partial charge is 0.0697 e. The SMILES string of the molecule is NCCCN(C1CCCCCC1)C1CCOC2(CCC2)C1. The summed E-state index contributed by atoms with van der Waals surface area (Å²) in [6.45, 7) is 3.02. The Morgan fingerprint density at radius 1 is 0.952 bits per heavy atom. The van der Waals surface area contributed by atoms with E-state index in [-0.39, 0.29) is 5.60 Å². The standard InChI is InChI=1S/C18H34N2O/c19-12-6-13-20(16-7-3-1-2-4-8-16)17-9-14-21-18(15-17)10-5-11-18/h16-17H,1-15,19H2. The zero-order valence-electron chi connectivity index (χ0n) is 13.7. The van der Waals surface area contributed by atoms with Crippen LogP contribution in [0.5, 0.6) is 0 Å². The Morgan fingerprint density at radius 3 is 2.33 bits per heavy atom. The fourth-order valence-electron chi connectivity index (χ4n) is 4.73. The van der Waals surface area contributed by atoms with E-state index < -0.39 is 0 Å². The normalized spacial score (nSPS) is 30.3. The molecule has 0 radical (unpaired) electrons. The van der Waals surface area contributed by atoms with Crippen molar-refractivity contribution in [3.63, 3.8) is 0 Å². The zero-order chi connectivity index (χ0) is 14.5. The minimum Gasteiger partial charge on any atom is -0.375 e. The van der Waals surface area contributed by atoms with Crippen molar-refractivity contribution in [2.24, 2.45) is 5.73 Å². The summed E-state index contributed by atoms with van der Waals surface area (Å²) in [5.41, 5.74) is 6.08. The minimum atomic E-state index is 0.272. The second-order valence-corrected chi connectivity index (χ2v) is 7.56. The fraction of sp³-hybridized carbons (Fsp3) is 1.00. The van der Waals surface area contributed by atoms with Crippen molar-refractivity contribution in [2.75, 3.05) is 19.7 Å². The van der Waals surface area contributed by atoms with Crippen LogP contribution in [0, 0.1) is 0 Å². The molecule has 2 aliphatic carbocycles. The lowest BCUT2D eigenvalue weighted by atomic mass is 9.73. The lowest BCUT2D eigenvalue weighted by molar-refractivity contribution is -0.152. The summed E-state index contributed by atoms with van der Waals surface area (Å²) in [6.07, 6.45) is 16.2. The summed E-state index contributed by atoms with van der Waals surface area (Å²) in [7, 11) is 0. The van der Waals surface area contributed by atoms with Crippen LogP contribution >= 0.6 is 0 Å². The van der Waals surface area contributed by atoms with Crippen LogP contribution in [0.25, 0.3) is 0 Å². The van der Waals surface area contributed by atoms with Crippen LogP contribution in [-0.4, -0.2) is 42.3 Å². The van der Waals surface area contributed by atoms with Gasteiger partial charge in [-0.25, -0.2) is 0 Å². The summed E-state index contributed by atoms with van der Waals surface area (Å²) >= 11 is 0. The van der Waals surface area contributed by atoms with Crippen molar-refractivity contribution < 1.29 is 4.74 Å². The van der Waals surface area contributed by atoms with Crippen molar-refractivity contribution >= 4 is 0 Å². The van der Waals surface area contributed by atoms with E-state index in [2.05, 4.69) is 4.90 Å². The number of ether oxygens (including phenoxy) is 1. The third-order valence-corrected chi connectivity index (χ3v) is 6.11. The predicted octanol–water partition coefficient (Wildman–Crippen LogP) is 3.46. The Balaban J connectivity index is 1.65. The summed E-state index contributed by atoms with van der Waals surface area (Å²) in [4.78, 5) is 2.86. The molecule has 1 atom stereocenters. The molecular weight excluding hydrogens is 260 g/mol. The summed E-state index contributed by atoms with van der Waals surface area (Å²) in [5.74, 6) is 0. The molecule has 1 saturated heterocycles. The molecule has 0 aromatic rings. The average Bonchev–Trinajstić information content (AvgIpc) is 2.76. The topological polar surface area (TPSA) is 38.5 Å². The molecule has 3 heteroatoms. The highest BCUT2D eigenvalue weighted by Gasteiger charge is 2.44. The van der Waals surface area contributed by atoms with E-state index in [1.807, 2.05) is 0 Å². The van der Waals surface area contributed by atoms with E-state index in [0.29, 0.717) is 0 Å². The monoisotopic (exact) mass is 294 g/mol. The van der Waals surface area contributed by atoms with Gasteiger partial charge in [-0.05, 0) is 64.5 Å². The minimum absolute atomic E-state index is 0.272. The first-order chi connectivity index (χ1) is 10.3. The Kier molecular flexibility index (Phi) is 5.58. The lowest BCUT2D eigenvalue weighted by Gasteiger charge is -2.51. The summed E-state index contributed by atoms with van der Waals surface area (Å²) < 4.78 is 6.15. The van der Waals surface area contributed by atoms with E-state index in [1.165, 1.54) is 77.2 Å². The molecule has 21 heavy (non-hydrogen) atoms. The molecule has 1 unspecified atom stereocenters. The van der Waals surface area contributed by atoms with Crippen molar-refractivity contribution in [1.29, 1.82) is 0 Å². The van der Waals surface area contributed by atoms with Gasteiger partial charge in [-0.2, -0.15) is 0 Å². The van der Waals surface area contributed by atoms with Crippen LogP contribution in [0.15, 0.2) is 0 Å². The molecule has 2 N–H and O–H groups in total. The molecule has 3 fully saturated rings. The number of rotatable bonds is 5. The van der Waals surface area contributed by atoms with Gasteiger partial charge >= 0.3 is 0 Å². The lowest BCUT2D eigenvalue weighted by Crippen LogP contribution is -2.54. The van der Waals surface area contributed by atoms with Crippen molar-refractivity contribution in [3.05, 3.63) is 0 Å². The fourth-order valence-corrected chi connectivity index (χ4v) is 4.73. The van der Waals surface area contributed by atoms with Gasteiger partial charge in [-0.15, -0.1) is 0 Å². The second kappa shape index (κ2) is 7.43. The Hall–Kier alpha value is -0.120. The molecule has 0 aromatic carbocycles. The average molecular weight is 294 g/mol. The molecule has 1 aliphatic heterocycles. The number of hydrogen-bond donors (Lipinski definition) is 1. The third-order valence-electron chi connectivity index (χ3n) is 6.11. The highest BCUT2D eigenvalue weighted by molar-refractivity contribution is 4.97. The van der Waals surface area contributed by atoms with Gasteiger partial charge in [0.05, 0.1) is 5.60 Å². The van der Waals surface area contributed by atoms with Gasteiger partial charge in [0.25, 0.3) is 0 Å². The first-order valence-corrected chi connectivity index (χ1v) is 9.43. The molecule has 1 heterocycles. The Bertz CT molecular complexity index is 308. The van der Waals surface area contributed by atoms with E-state index in [1.54, 1.807) is 0 Å². The Labute approximate surface area is 130 Å². The quantitative estimate of drug-likeness (QED) is 0.789. The van der Waals surface area contributed by atoms with Gasteiger partial charge in [-0.3, -0.25) is 4.90 Å². The van der Waals surface area contributed by atoms with Crippen LogP contribution in [0.4, 0.5) is 0 Å². The first kappa shape index (κ1) is 15.8.